The van der Waals surface area contributed by atoms with Crippen LogP contribution < -0.4 is 4.74 Å². The molecule has 1 aromatic rings. The van der Waals surface area contributed by atoms with Crippen molar-refractivity contribution in [1.29, 1.82) is 0 Å². The molecule has 0 unspecified atom stereocenters. The van der Waals surface area contributed by atoms with Crippen molar-refractivity contribution >= 4 is 5.97 Å². The SMILES string of the molecule is CCCOC(=O)COc1ccc(C(F)(F)F)c(C2CCCCC2)c1. The molecule has 0 radical (unpaired) electrons. The van der Waals surface area contributed by atoms with Gasteiger partial charge in [-0.05, 0) is 48.9 Å². The quantitative estimate of drug-likeness (QED) is 0.675. The van der Waals surface area contributed by atoms with E-state index in [2.05, 4.69) is 0 Å². The zero-order valence-electron chi connectivity index (χ0n) is 13.8. The summed E-state index contributed by atoms with van der Waals surface area (Å²) in [4.78, 5) is 11.5. The van der Waals surface area contributed by atoms with Crippen molar-refractivity contribution in [3.8, 4) is 5.75 Å². The maximum Gasteiger partial charge on any atom is 0.416 e. The van der Waals surface area contributed by atoms with Gasteiger partial charge in [0.05, 0.1) is 12.2 Å². The summed E-state index contributed by atoms with van der Waals surface area (Å²) in [6, 6.07) is 3.75. The van der Waals surface area contributed by atoms with Crippen LogP contribution in [0.2, 0.25) is 0 Å². The van der Waals surface area contributed by atoms with Crippen molar-refractivity contribution in [3.05, 3.63) is 29.3 Å². The normalized spacial score (nSPS) is 16.0. The Balaban J connectivity index is 2.14. The molecule has 0 spiro atoms. The summed E-state index contributed by atoms with van der Waals surface area (Å²) in [5, 5.41) is 0. The molecule has 0 atom stereocenters. The number of hydrogen-bond acceptors (Lipinski definition) is 3. The van der Waals surface area contributed by atoms with Gasteiger partial charge in [0.1, 0.15) is 5.75 Å². The summed E-state index contributed by atoms with van der Waals surface area (Å²) in [6.07, 6.45) is 0.781. The van der Waals surface area contributed by atoms with Gasteiger partial charge in [0, 0.05) is 0 Å². The number of benzene rings is 1. The Bertz CT molecular complexity index is 549. The van der Waals surface area contributed by atoms with E-state index in [1.54, 1.807) is 0 Å². The van der Waals surface area contributed by atoms with Crippen LogP contribution in [-0.2, 0) is 15.7 Å². The van der Waals surface area contributed by atoms with Crippen molar-refractivity contribution < 1.29 is 27.4 Å². The molecule has 0 N–H and O–H groups in total. The van der Waals surface area contributed by atoms with Crippen LogP contribution in [0.4, 0.5) is 13.2 Å². The minimum Gasteiger partial charge on any atom is -0.482 e. The summed E-state index contributed by atoms with van der Waals surface area (Å²) < 4.78 is 50.0. The predicted octanol–water partition coefficient (Wildman–Crippen LogP) is 5.09. The van der Waals surface area contributed by atoms with Gasteiger partial charge in [-0.25, -0.2) is 4.79 Å². The van der Waals surface area contributed by atoms with Gasteiger partial charge in [-0.3, -0.25) is 0 Å². The fraction of sp³-hybridized carbons (Fsp3) is 0.611. The van der Waals surface area contributed by atoms with E-state index in [4.69, 9.17) is 9.47 Å². The molecule has 0 aliphatic heterocycles. The number of esters is 1. The first-order valence-corrected chi connectivity index (χ1v) is 8.41. The van der Waals surface area contributed by atoms with Crippen LogP contribution in [0.3, 0.4) is 0 Å². The number of halogens is 3. The first kappa shape index (κ1) is 18.6. The van der Waals surface area contributed by atoms with Crippen molar-refractivity contribution in [1.82, 2.24) is 0 Å². The van der Waals surface area contributed by atoms with Crippen LogP contribution in [0.15, 0.2) is 18.2 Å². The molecule has 3 nitrogen and oxygen atoms in total. The molecular weight excluding hydrogens is 321 g/mol. The molecule has 1 aromatic carbocycles. The molecule has 0 amide bonds. The van der Waals surface area contributed by atoms with Crippen LogP contribution in [0, 0.1) is 0 Å². The van der Waals surface area contributed by atoms with Gasteiger partial charge in [-0.1, -0.05) is 26.2 Å². The molecular formula is C18H23F3O3. The third kappa shape index (κ3) is 5.14. The van der Waals surface area contributed by atoms with E-state index in [1.165, 1.54) is 12.1 Å². The van der Waals surface area contributed by atoms with Gasteiger partial charge < -0.3 is 9.47 Å². The lowest BCUT2D eigenvalue weighted by atomic mass is 9.82. The second-order valence-corrected chi connectivity index (χ2v) is 6.09. The summed E-state index contributed by atoms with van der Waals surface area (Å²) in [5.41, 5.74) is -0.322. The van der Waals surface area contributed by atoms with E-state index in [9.17, 15) is 18.0 Å². The predicted molar refractivity (Wildman–Crippen MR) is 84.0 cm³/mol. The van der Waals surface area contributed by atoms with Gasteiger partial charge in [-0.15, -0.1) is 0 Å². The number of alkyl halides is 3. The highest BCUT2D eigenvalue weighted by Crippen LogP contribution is 2.42. The minimum atomic E-state index is -4.38. The lowest BCUT2D eigenvalue weighted by molar-refractivity contribution is -0.146. The Kier molecular flexibility index (Phi) is 6.52. The zero-order valence-corrected chi connectivity index (χ0v) is 13.8. The smallest absolute Gasteiger partial charge is 0.416 e. The largest absolute Gasteiger partial charge is 0.482 e. The van der Waals surface area contributed by atoms with Crippen LogP contribution in [-0.4, -0.2) is 19.2 Å². The van der Waals surface area contributed by atoms with Crippen molar-refractivity contribution in [3.63, 3.8) is 0 Å². The van der Waals surface area contributed by atoms with E-state index in [1.807, 2.05) is 6.92 Å². The number of hydrogen-bond donors (Lipinski definition) is 0. The molecule has 6 heteroatoms. The summed E-state index contributed by atoms with van der Waals surface area (Å²) in [6.45, 7) is 1.89. The Hall–Kier alpha value is -1.72. The van der Waals surface area contributed by atoms with Crippen LogP contribution in [0.25, 0.3) is 0 Å². The lowest BCUT2D eigenvalue weighted by Gasteiger charge is -2.25. The number of carbonyl (C=O) groups excluding carboxylic acids is 1. The number of ether oxygens (including phenoxy) is 2. The van der Waals surface area contributed by atoms with Crippen molar-refractivity contribution in [2.24, 2.45) is 0 Å². The van der Waals surface area contributed by atoms with Crippen LogP contribution in [0.5, 0.6) is 5.75 Å². The highest BCUT2D eigenvalue weighted by molar-refractivity contribution is 5.71. The molecule has 1 aliphatic carbocycles. The standard InChI is InChI=1S/C18H23F3O3/c1-2-10-23-17(22)12-24-14-8-9-16(18(19,20)21)15(11-14)13-6-4-3-5-7-13/h8-9,11,13H,2-7,10,12H2,1H3. The molecule has 2 rings (SSSR count). The highest BCUT2D eigenvalue weighted by Gasteiger charge is 2.35. The maximum absolute atomic E-state index is 13.3. The van der Waals surface area contributed by atoms with Gasteiger partial charge in [0.15, 0.2) is 6.61 Å². The maximum atomic E-state index is 13.3. The Morgan fingerprint density at radius 3 is 2.54 bits per heavy atom. The van der Waals surface area contributed by atoms with Gasteiger partial charge in [-0.2, -0.15) is 13.2 Å². The fourth-order valence-corrected chi connectivity index (χ4v) is 3.04. The summed E-state index contributed by atoms with van der Waals surface area (Å²) >= 11 is 0. The molecule has 0 bridgehead atoms. The van der Waals surface area contributed by atoms with E-state index in [-0.39, 0.29) is 23.8 Å². The van der Waals surface area contributed by atoms with E-state index in [0.717, 1.165) is 38.2 Å². The zero-order chi connectivity index (χ0) is 17.6. The molecule has 0 heterocycles. The molecule has 1 fully saturated rings. The molecule has 0 aromatic heterocycles. The number of rotatable bonds is 6. The van der Waals surface area contributed by atoms with Crippen LogP contribution in [0.1, 0.15) is 62.5 Å². The second-order valence-electron chi connectivity index (χ2n) is 6.09. The first-order valence-electron chi connectivity index (χ1n) is 8.41. The Labute approximate surface area is 140 Å². The topological polar surface area (TPSA) is 35.5 Å². The van der Waals surface area contributed by atoms with E-state index in [0.29, 0.717) is 13.0 Å². The van der Waals surface area contributed by atoms with E-state index < -0.39 is 17.7 Å². The molecule has 0 saturated heterocycles. The second kappa shape index (κ2) is 8.40. The molecule has 134 valence electrons. The molecule has 1 saturated carbocycles. The van der Waals surface area contributed by atoms with Gasteiger partial charge in [0.2, 0.25) is 0 Å². The lowest BCUT2D eigenvalue weighted by Crippen LogP contribution is -2.17. The molecule has 1 aliphatic rings. The van der Waals surface area contributed by atoms with Crippen molar-refractivity contribution in [2.75, 3.05) is 13.2 Å². The fourth-order valence-electron chi connectivity index (χ4n) is 3.04. The van der Waals surface area contributed by atoms with Crippen molar-refractivity contribution in [2.45, 2.75) is 57.5 Å². The first-order chi connectivity index (χ1) is 11.4. The Morgan fingerprint density at radius 2 is 1.92 bits per heavy atom. The highest BCUT2D eigenvalue weighted by atomic mass is 19.4. The van der Waals surface area contributed by atoms with Gasteiger partial charge >= 0.3 is 12.1 Å². The van der Waals surface area contributed by atoms with E-state index >= 15 is 0 Å². The average Bonchev–Trinajstić information content (AvgIpc) is 2.57. The monoisotopic (exact) mass is 344 g/mol. The van der Waals surface area contributed by atoms with Crippen LogP contribution >= 0.6 is 0 Å². The summed E-state index contributed by atoms with van der Waals surface area (Å²) in [5.74, 6) is -0.348. The molecule has 24 heavy (non-hydrogen) atoms. The summed E-state index contributed by atoms with van der Waals surface area (Å²) in [7, 11) is 0. The van der Waals surface area contributed by atoms with Gasteiger partial charge in [0.25, 0.3) is 0 Å². The third-order valence-corrected chi connectivity index (χ3v) is 4.20. The Morgan fingerprint density at radius 1 is 1.21 bits per heavy atom. The number of carbonyl (C=O) groups is 1. The average molecular weight is 344 g/mol. The third-order valence-electron chi connectivity index (χ3n) is 4.20. The minimum absolute atomic E-state index is 0.106.